The molecule has 0 bridgehead atoms. The SMILES string of the molecule is COc1ccc(C(=O)Cc2cccc(Cl)c2F)c(N)c1. The Morgan fingerprint density at radius 1 is 1.35 bits per heavy atom. The molecule has 0 aliphatic carbocycles. The number of ketones is 1. The molecule has 0 fully saturated rings. The van der Waals surface area contributed by atoms with Gasteiger partial charge < -0.3 is 10.5 Å². The van der Waals surface area contributed by atoms with Crippen LogP contribution in [0.25, 0.3) is 0 Å². The van der Waals surface area contributed by atoms with Crippen LogP contribution in [0.3, 0.4) is 0 Å². The second-order valence-electron chi connectivity index (χ2n) is 4.27. The van der Waals surface area contributed by atoms with E-state index in [1.807, 2.05) is 0 Å². The lowest BCUT2D eigenvalue weighted by Crippen LogP contribution is -2.08. The molecule has 20 heavy (non-hydrogen) atoms. The van der Waals surface area contributed by atoms with Crippen molar-refractivity contribution in [3.8, 4) is 5.75 Å². The van der Waals surface area contributed by atoms with E-state index in [1.165, 1.54) is 19.2 Å². The molecule has 2 aromatic carbocycles. The molecule has 0 atom stereocenters. The summed E-state index contributed by atoms with van der Waals surface area (Å²) in [4.78, 5) is 12.2. The summed E-state index contributed by atoms with van der Waals surface area (Å²) in [6.45, 7) is 0. The molecule has 0 amide bonds. The first-order valence-electron chi connectivity index (χ1n) is 5.92. The zero-order valence-electron chi connectivity index (χ0n) is 10.8. The molecule has 2 rings (SSSR count). The number of halogens is 2. The highest BCUT2D eigenvalue weighted by Gasteiger charge is 2.15. The molecule has 2 aromatic rings. The predicted octanol–water partition coefficient (Wildman–Crippen LogP) is 3.50. The largest absolute Gasteiger partial charge is 0.497 e. The topological polar surface area (TPSA) is 52.3 Å². The Morgan fingerprint density at radius 3 is 2.75 bits per heavy atom. The summed E-state index contributed by atoms with van der Waals surface area (Å²) < 4.78 is 18.8. The highest BCUT2D eigenvalue weighted by atomic mass is 35.5. The Kier molecular flexibility index (Phi) is 4.25. The summed E-state index contributed by atoms with van der Waals surface area (Å²) in [5.74, 6) is -0.283. The number of carbonyl (C=O) groups excluding carboxylic acids is 1. The maximum absolute atomic E-state index is 13.8. The van der Waals surface area contributed by atoms with E-state index in [2.05, 4.69) is 0 Å². The minimum atomic E-state index is -0.574. The molecular formula is C15H13ClFNO2. The highest BCUT2D eigenvalue weighted by Crippen LogP contribution is 2.23. The van der Waals surface area contributed by atoms with Gasteiger partial charge in [0.25, 0.3) is 0 Å². The quantitative estimate of drug-likeness (QED) is 0.693. The molecule has 3 nitrogen and oxygen atoms in total. The van der Waals surface area contributed by atoms with Crippen LogP contribution < -0.4 is 10.5 Å². The summed E-state index contributed by atoms with van der Waals surface area (Å²) in [7, 11) is 1.51. The van der Waals surface area contributed by atoms with Gasteiger partial charge in [-0.25, -0.2) is 4.39 Å². The van der Waals surface area contributed by atoms with E-state index in [-0.39, 0.29) is 22.8 Å². The fraction of sp³-hybridized carbons (Fsp3) is 0.133. The van der Waals surface area contributed by atoms with Crippen LogP contribution in [-0.4, -0.2) is 12.9 Å². The first-order chi connectivity index (χ1) is 9.52. The minimum absolute atomic E-state index is 0.00185. The normalized spacial score (nSPS) is 10.3. The van der Waals surface area contributed by atoms with Crippen LogP contribution in [0.1, 0.15) is 15.9 Å². The molecule has 0 unspecified atom stereocenters. The van der Waals surface area contributed by atoms with E-state index in [1.54, 1.807) is 24.3 Å². The number of ether oxygens (including phenoxy) is 1. The van der Waals surface area contributed by atoms with Crippen molar-refractivity contribution in [2.75, 3.05) is 12.8 Å². The van der Waals surface area contributed by atoms with E-state index >= 15 is 0 Å². The fourth-order valence-corrected chi connectivity index (χ4v) is 2.07. The van der Waals surface area contributed by atoms with Crippen molar-refractivity contribution in [2.45, 2.75) is 6.42 Å². The van der Waals surface area contributed by atoms with Crippen molar-refractivity contribution in [1.29, 1.82) is 0 Å². The van der Waals surface area contributed by atoms with Crippen molar-refractivity contribution in [2.24, 2.45) is 0 Å². The third-order valence-electron chi connectivity index (χ3n) is 2.94. The summed E-state index contributed by atoms with van der Waals surface area (Å²) >= 11 is 5.69. The van der Waals surface area contributed by atoms with E-state index in [0.29, 0.717) is 17.0 Å². The van der Waals surface area contributed by atoms with Crippen molar-refractivity contribution in [1.82, 2.24) is 0 Å². The molecule has 0 saturated carbocycles. The van der Waals surface area contributed by atoms with Crippen LogP contribution in [0.5, 0.6) is 5.75 Å². The number of benzene rings is 2. The third-order valence-corrected chi connectivity index (χ3v) is 3.23. The summed E-state index contributed by atoms with van der Waals surface area (Å²) in [5.41, 5.74) is 6.69. The van der Waals surface area contributed by atoms with Gasteiger partial charge in [-0.15, -0.1) is 0 Å². The minimum Gasteiger partial charge on any atom is -0.497 e. The number of methoxy groups -OCH3 is 1. The monoisotopic (exact) mass is 293 g/mol. The second kappa shape index (κ2) is 5.92. The smallest absolute Gasteiger partial charge is 0.169 e. The Hall–Kier alpha value is -2.07. The first-order valence-corrected chi connectivity index (χ1v) is 6.30. The first kappa shape index (κ1) is 14.3. The molecule has 0 aliphatic rings. The maximum Gasteiger partial charge on any atom is 0.169 e. The van der Waals surface area contributed by atoms with Crippen LogP contribution in [-0.2, 0) is 6.42 Å². The zero-order chi connectivity index (χ0) is 14.7. The van der Waals surface area contributed by atoms with Gasteiger partial charge in [-0.2, -0.15) is 0 Å². The number of nitrogens with two attached hydrogens (primary N) is 1. The summed E-state index contributed by atoms with van der Waals surface area (Å²) in [6.07, 6.45) is -0.0943. The maximum atomic E-state index is 13.8. The Labute approximate surface area is 121 Å². The number of nitrogen functional groups attached to an aromatic ring is 1. The molecular weight excluding hydrogens is 281 g/mol. The Morgan fingerprint density at radius 2 is 2.10 bits per heavy atom. The van der Waals surface area contributed by atoms with Gasteiger partial charge in [0, 0.05) is 23.7 Å². The molecule has 2 N–H and O–H groups in total. The van der Waals surface area contributed by atoms with Crippen LogP contribution in [0, 0.1) is 5.82 Å². The van der Waals surface area contributed by atoms with Crippen molar-refractivity contribution in [3.05, 3.63) is 58.4 Å². The van der Waals surface area contributed by atoms with E-state index < -0.39 is 5.82 Å². The lowest BCUT2D eigenvalue weighted by molar-refractivity contribution is 0.0992. The van der Waals surface area contributed by atoms with Gasteiger partial charge in [0.2, 0.25) is 0 Å². The average molecular weight is 294 g/mol. The second-order valence-corrected chi connectivity index (χ2v) is 4.67. The van der Waals surface area contributed by atoms with E-state index in [4.69, 9.17) is 22.1 Å². The van der Waals surface area contributed by atoms with Crippen molar-refractivity contribution >= 4 is 23.1 Å². The van der Waals surface area contributed by atoms with E-state index in [0.717, 1.165) is 0 Å². The zero-order valence-corrected chi connectivity index (χ0v) is 11.6. The van der Waals surface area contributed by atoms with Gasteiger partial charge in [0.15, 0.2) is 5.78 Å². The Balaban J connectivity index is 2.26. The third kappa shape index (κ3) is 2.91. The van der Waals surface area contributed by atoms with Gasteiger partial charge in [-0.3, -0.25) is 4.79 Å². The van der Waals surface area contributed by atoms with Gasteiger partial charge in [0.1, 0.15) is 11.6 Å². The molecule has 0 saturated heterocycles. The van der Waals surface area contributed by atoms with Gasteiger partial charge >= 0.3 is 0 Å². The van der Waals surface area contributed by atoms with Crippen LogP contribution in [0.15, 0.2) is 36.4 Å². The standard InChI is InChI=1S/C15H13ClFNO2/c1-20-10-5-6-11(13(18)8-10)14(19)7-9-3-2-4-12(16)15(9)17/h2-6,8H,7,18H2,1H3. The number of rotatable bonds is 4. The molecule has 0 heterocycles. The van der Waals surface area contributed by atoms with E-state index in [9.17, 15) is 9.18 Å². The summed E-state index contributed by atoms with van der Waals surface area (Å²) in [6, 6.07) is 9.33. The number of carbonyl (C=O) groups is 1. The molecule has 0 aromatic heterocycles. The van der Waals surface area contributed by atoms with Gasteiger partial charge in [-0.05, 0) is 23.8 Å². The fourth-order valence-electron chi connectivity index (χ4n) is 1.87. The average Bonchev–Trinajstić information content (AvgIpc) is 2.43. The van der Waals surface area contributed by atoms with Crippen molar-refractivity contribution < 1.29 is 13.9 Å². The van der Waals surface area contributed by atoms with Gasteiger partial charge in [-0.1, -0.05) is 23.7 Å². The van der Waals surface area contributed by atoms with Crippen molar-refractivity contribution in [3.63, 3.8) is 0 Å². The van der Waals surface area contributed by atoms with Crippen LogP contribution in [0.2, 0.25) is 5.02 Å². The predicted molar refractivity (Wildman–Crippen MR) is 76.9 cm³/mol. The molecule has 0 aliphatic heterocycles. The molecule has 104 valence electrons. The van der Waals surface area contributed by atoms with Gasteiger partial charge in [0.05, 0.1) is 12.1 Å². The number of anilines is 1. The number of hydrogen-bond acceptors (Lipinski definition) is 3. The van der Waals surface area contributed by atoms with Crippen LogP contribution in [0.4, 0.5) is 10.1 Å². The summed E-state index contributed by atoms with van der Waals surface area (Å²) in [5, 5.41) is -0.00185. The lowest BCUT2D eigenvalue weighted by Gasteiger charge is -2.08. The van der Waals surface area contributed by atoms with Crippen LogP contribution >= 0.6 is 11.6 Å². The lowest BCUT2D eigenvalue weighted by atomic mass is 10.0. The molecule has 0 spiro atoms. The highest BCUT2D eigenvalue weighted by molar-refractivity contribution is 6.30. The number of Topliss-reactive ketones (excluding diaryl/α,β-unsaturated/α-hetero) is 1. The Bertz CT molecular complexity index is 658. The number of hydrogen-bond donors (Lipinski definition) is 1. The molecule has 5 heteroatoms. The molecule has 0 radical (unpaired) electrons.